The van der Waals surface area contributed by atoms with Crippen LogP contribution in [-0.2, 0) is 0 Å². The largest absolute Gasteiger partial charge is 0.272 e. The van der Waals surface area contributed by atoms with E-state index in [1.165, 1.54) is 11.1 Å². The summed E-state index contributed by atoms with van der Waals surface area (Å²) in [4.78, 5) is 11.8. The van der Waals surface area contributed by atoms with Crippen LogP contribution in [0.4, 0.5) is 0 Å². The van der Waals surface area contributed by atoms with Crippen molar-refractivity contribution in [1.29, 1.82) is 0 Å². The topological polar surface area (TPSA) is 45.8 Å². The molecule has 0 bridgehead atoms. The van der Waals surface area contributed by atoms with Crippen LogP contribution in [-0.4, -0.2) is 10.2 Å². The van der Waals surface area contributed by atoms with Crippen LogP contribution in [0.1, 0.15) is 11.1 Å². The highest BCUT2D eigenvalue weighted by atomic mass is 16.1. The summed E-state index contributed by atoms with van der Waals surface area (Å²) in [5, 5.41) is 8.35. The van der Waals surface area contributed by atoms with Crippen molar-refractivity contribution in [3.05, 3.63) is 63.9 Å². The molecule has 0 radical (unpaired) electrons. The Balaban J connectivity index is 2.37. The van der Waals surface area contributed by atoms with Crippen molar-refractivity contribution in [3.8, 4) is 11.3 Å². The first-order chi connectivity index (χ1) is 9.15. The average molecular weight is 250 g/mol. The van der Waals surface area contributed by atoms with Crippen LogP contribution >= 0.6 is 0 Å². The number of aromatic amines is 1. The van der Waals surface area contributed by atoms with Crippen LogP contribution in [0.3, 0.4) is 0 Å². The summed E-state index contributed by atoms with van der Waals surface area (Å²) in [6.07, 6.45) is 0. The van der Waals surface area contributed by atoms with Gasteiger partial charge in [0.05, 0.1) is 11.1 Å². The van der Waals surface area contributed by atoms with E-state index in [-0.39, 0.29) is 5.56 Å². The first-order valence-electron chi connectivity index (χ1n) is 6.21. The van der Waals surface area contributed by atoms with E-state index in [9.17, 15) is 4.79 Å². The first kappa shape index (κ1) is 11.7. The molecule has 0 aliphatic carbocycles. The Bertz CT molecular complexity index is 798. The molecule has 1 aromatic heterocycles. The van der Waals surface area contributed by atoms with E-state index < -0.39 is 0 Å². The number of nitrogens with zero attached hydrogens (tertiary/aromatic N) is 1. The molecule has 19 heavy (non-hydrogen) atoms. The summed E-state index contributed by atoms with van der Waals surface area (Å²) in [5.41, 5.74) is 4.08. The summed E-state index contributed by atoms with van der Waals surface area (Å²) in [6.45, 7) is 4.12. The van der Waals surface area contributed by atoms with Gasteiger partial charge >= 0.3 is 0 Å². The van der Waals surface area contributed by atoms with Gasteiger partial charge in [-0.2, -0.15) is 5.10 Å². The Morgan fingerprint density at radius 2 is 1.58 bits per heavy atom. The fourth-order valence-corrected chi connectivity index (χ4v) is 2.45. The van der Waals surface area contributed by atoms with Crippen molar-refractivity contribution in [3.63, 3.8) is 0 Å². The molecule has 94 valence electrons. The smallest absolute Gasteiger partial charge is 0.267 e. The van der Waals surface area contributed by atoms with Crippen molar-refractivity contribution in [2.75, 3.05) is 0 Å². The maximum Gasteiger partial charge on any atom is 0.272 e. The van der Waals surface area contributed by atoms with Gasteiger partial charge in [-0.05, 0) is 32.0 Å². The van der Waals surface area contributed by atoms with Gasteiger partial charge in [0.15, 0.2) is 0 Å². The quantitative estimate of drug-likeness (QED) is 0.720. The van der Waals surface area contributed by atoms with Gasteiger partial charge in [-0.25, -0.2) is 5.10 Å². The van der Waals surface area contributed by atoms with Gasteiger partial charge in [0, 0.05) is 10.9 Å². The van der Waals surface area contributed by atoms with Crippen molar-refractivity contribution in [2.24, 2.45) is 0 Å². The van der Waals surface area contributed by atoms with E-state index in [0.717, 1.165) is 16.6 Å². The SMILES string of the molecule is Cc1cc(C)cc(-c2n[nH]c(=O)c3ccccc23)c1. The van der Waals surface area contributed by atoms with Crippen LogP contribution in [0.25, 0.3) is 22.0 Å². The molecule has 0 spiro atoms. The zero-order valence-corrected chi connectivity index (χ0v) is 10.9. The molecule has 0 atom stereocenters. The Morgan fingerprint density at radius 3 is 2.26 bits per heavy atom. The second-order valence-electron chi connectivity index (χ2n) is 4.82. The number of benzene rings is 2. The lowest BCUT2D eigenvalue weighted by atomic mass is 10.0. The molecule has 1 heterocycles. The van der Waals surface area contributed by atoms with Crippen molar-refractivity contribution < 1.29 is 0 Å². The average Bonchev–Trinajstić information content (AvgIpc) is 2.38. The molecule has 2 aromatic carbocycles. The molecule has 0 amide bonds. The van der Waals surface area contributed by atoms with Crippen LogP contribution in [0.2, 0.25) is 0 Å². The summed E-state index contributed by atoms with van der Waals surface area (Å²) in [7, 11) is 0. The highest BCUT2D eigenvalue weighted by molar-refractivity contribution is 5.93. The van der Waals surface area contributed by atoms with Gasteiger partial charge < -0.3 is 0 Å². The zero-order chi connectivity index (χ0) is 13.4. The van der Waals surface area contributed by atoms with Crippen LogP contribution in [0.15, 0.2) is 47.3 Å². The molecule has 3 aromatic rings. The molecular weight excluding hydrogens is 236 g/mol. The predicted molar refractivity (Wildman–Crippen MR) is 77.3 cm³/mol. The molecule has 0 saturated carbocycles. The maximum absolute atomic E-state index is 11.8. The fourth-order valence-electron chi connectivity index (χ4n) is 2.45. The van der Waals surface area contributed by atoms with Crippen LogP contribution in [0.5, 0.6) is 0 Å². The Morgan fingerprint density at radius 1 is 0.947 bits per heavy atom. The zero-order valence-electron chi connectivity index (χ0n) is 10.9. The van der Waals surface area contributed by atoms with Gasteiger partial charge in [0.1, 0.15) is 0 Å². The van der Waals surface area contributed by atoms with Gasteiger partial charge in [-0.1, -0.05) is 35.4 Å². The molecule has 1 N–H and O–H groups in total. The number of rotatable bonds is 1. The van der Waals surface area contributed by atoms with E-state index in [4.69, 9.17) is 0 Å². The van der Waals surface area contributed by atoms with Gasteiger partial charge in [0.2, 0.25) is 0 Å². The van der Waals surface area contributed by atoms with Gasteiger partial charge in [-0.15, -0.1) is 0 Å². The van der Waals surface area contributed by atoms with Crippen molar-refractivity contribution >= 4 is 10.8 Å². The molecule has 0 aliphatic heterocycles. The summed E-state index contributed by atoms with van der Waals surface area (Å²) < 4.78 is 0. The lowest BCUT2D eigenvalue weighted by Gasteiger charge is -2.07. The number of hydrogen-bond acceptors (Lipinski definition) is 2. The van der Waals surface area contributed by atoms with E-state index >= 15 is 0 Å². The molecule has 3 rings (SSSR count). The Labute approximate surface area is 110 Å². The first-order valence-corrected chi connectivity index (χ1v) is 6.21. The minimum Gasteiger partial charge on any atom is -0.267 e. The van der Waals surface area contributed by atoms with Crippen LogP contribution < -0.4 is 5.56 Å². The third-order valence-electron chi connectivity index (χ3n) is 3.19. The summed E-state index contributed by atoms with van der Waals surface area (Å²) in [5.74, 6) is 0. The summed E-state index contributed by atoms with van der Waals surface area (Å²) in [6, 6.07) is 13.8. The lowest BCUT2D eigenvalue weighted by Crippen LogP contribution is -2.09. The van der Waals surface area contributed by atoms with E-state index in [1.807, 2.05) is 24.3 Å². The second-order valence-corrected chi connectivity index (χ2v) is 4.82. The van der Waals surface area contributed by atoms with Crippen molar-refractivity contribution in [2.45, 2.75) is 13.8 Å². The monoisotopic (exact) mass is 250 g/mol. The number of aryl methyl sites for hydroxylation is 2. The highest BCUT2D eigenvalue weighted by Crippen LogP contribution is 2.25. The summed E-state index contributed by atoms with van der Waals surface area (Å²) >= 11 is 0. The van der Waals surface area contributed by atoms with Gasteiger partial charge in [0.25, 0.3) is 5.56 Å². The number of H-pyrrole nitrogens is 1. The number of aromatic nitrogens is 2. The minimum absolute atomic E-state index is 0.149. The predicted octanol–water partition coefficient (Wildman–Crippen LogP) is 3.21. The molecule has 3 heteroatoms. The number of fused-ring (bicyclic) bond motifs is 1. The molecular formula is C16H14N2O. The lowest BCUT2D eigenvalue weighted by molar-refractivity contribution is 1.02. The van der Waals surface area contributed by atoms with E-state index in [1.54, 1.807) is 0 Å². The normalized spacial score (nSPS) is 10.8. The van der Waals surface area contributed by atoms with Crippen LogP contribution in [0, 0.1) is 13.8 Å². The number of nitrogens with one attached hydrogen (secondary N) is 1. The second kappa shape index (κ2) is 4.35. The van der Waals surface area contributed by atoms with Gasteiger partial charge in [-0.3, -0.25) is 4.79 Å². The standard InChI is InChI=1S/C16H14N2O/c1-10-7-11(2)9-12(8-10)15-13-5-3-4-6-14(13)16(19)18-17-15/h3-9H,1-2H3,(H,18,19). The van der Waals surface area contributed by atoms with E-state index in [0.29, 0.717) is 5.39 Å². The molecule has 3 nitrogen and oxygen atoms in total. The maximum atomic E-state index is 11.8. The molecule has 0 fully saturated rings. The number of hydrogen-bond donors (Lipinski definition) is 1. The van der Waals surface area contributed by atoms with E-state index in [2.05, 4.69) is 42.2 Å². The fraction of sp³-hybridized carbons (Fsp3) is 0.125. The molecule has 0 saturated heterocycles. The van der Waals surface area contributed by atoms with Crippen molar-refractivity contribution in [1.82, 2.24) is 10.2 Å². The Hall–Kier alpha value is -2.42. The highest BCUT2D eigenvalue weighted by Gasteiger charge is 2.08. The Kier molecular flexibility index (Phi) is 2.67. The molecule has 0 aliphatic rings. The third kappa shape index (κ3) is 2.03. The minimum atomic E-state index is -0.149. The molecule has 0 unspecified atom stereocenters. The third-order valence-corrected chi connectivity index (χ3v) is 3.19.